The van der Waals surface area contributed by atoms with Crippen LogP contribution in [0.2, 0.25) is 0 Å². The molecule has 0 spiro atoms. The van der Waals surface area contributed by atoms with Gasteiger partial charge in [-0.1, -0.05) is 11.3 Å². The number of amides is 1. The van der Waals surface area contributed by atoms with Gasteiger partial charge in [-0.15, -0.1) is 0 Å². The van der Waals surface area contributed by atoms with Gasteiger partial charge < -0.3 is 21.7 Å². The fourth-order valence-electron chi connectivity index (χ4n) is 2.33. The Balaban J connectivity index is 1.81. The van der Waals surface area contributed by atoms with Crippen molar-refractivity contribution in [2.45, 2.75) is 19.4 Å². The summed E-state index contributed by atoms with van der Waals surface area (Å²) in [4.78, 5) is 26.6. The summed E-state index contributed by atoms with van der Waals surface area (Å²) < 4.78 is 0. The third-order valence-corrected chi connectivity index (χ3v) is 4.28. The molecule has 1 aliphatic rings. The van der Waals surface area contributed by atoms with Gasteiger partial charge in [0.25, 0.3) is 5.91 Å². The second kappa shape index (κ2) is 5.85. The molecule has 1 amide bonds. The van der Waals surface area contributed by atoms with E-state index in [9.17, 15) is 4.79 Å². The van der Waals surface area contributed by atoms with Crippen LogP contribution in [0.4, 0.5) is 16.8 Å². The van der Waals surface area contributed by atoms with E-state index in [4.69, 9.17) is 11.5 Å². The summed E-state index contributed by atoms with van der Waals surface area (Å²) >= 11 is 1.19. The van der Waals surface area contributed by atoms with Crippen LogP contribution in [0.5, 0.6) is 0 Å². The zero-order valence-corrected chi connectivity index (χ0v) is 12.9. The Labute approximate surface area is 131 Å². The predicted molar refractivity (Wildman–Crippen MR) is 85.5 cm³/mol. The van der Waals surface area contributed by atoms with Gasteiger partial charge >= 0.3 is 0 Å². The van der Waals surface area contributed by atoms with Crippen molar-refractivity contribution in [2.24, 2.45) is 11.5 Å². The molecule has 0 bridgehead atoms. The summed E-state index contributed by atoms with van der Waals surface area (Å²) in [6, 6.07) is 2.04. The Kier molecular flexibility index (Phi) is 3.90. The van der Waals surface area contributed by atoms with E-state index < -0.39 is 5.91 Å². The fourth-order valence-corrected chi connectivity index (χ4v) is 3.00. The molecule has 0 aromatic carbocycles. The third-order valence-electron chi connectivity index (χ3n) is 3.36. The Morgan fingerprint density at radius 2 is 2.32 bits per heavy atom. The van der Waals surface area contributed by atoms with E-state index in [0.29, 0.717) is 21.7 Å². The SMILES string of the molecule is Cc1nc(Nc2ncc(C(N)=O)s2)cc(N2CC[C@H](N)C2)n1. The number of carbonyl (C=O) groups excluding carboxylic acids is 1. The van der Waals surface area contributed by atoms with Crippen molar-refractivity contribution in [3.63, 3.8) is 0 Å². The number of hydrogen-bond acceptors (Lipinski definition) is 8. The zero-order chi connectivity index (χ0) is 15.7. The maximum atomic E-state index is 11.1. The number of rotatable bonds is 4. The molecular weight excluding hydrogens is 302 g/mol. The molecular formula is C13H17N7OS. The van der Waals surface area contributed by atoms with Crippen LogP contribution < -0.4 is 21.7 Å². The quantitative estimate of drug-likeness (QED) is 0.755. The van der Waals surface area contributed by atoms with Gasteiger partial charge in [-0.05, 0) is 13.3 Å². The number of primary amides is 1. The van der Waals surface area contributed by atoms with Crippen LogP contribution >= 0.6 is 11.3 Å². The van der Waals surface area contributed by atoms with Crippen molar-refractivity contribution in [3.8, 4) is 0 Å². The molecule has 0 unspecified atom stereocenters. The van der Waals surface area contributed by atoms with Crippen molar-refractivity contribution in [2.75, 3.05) is 23.3 Å². The molecule has 5 N–H and O–H groups in total. The number of hydrogen-bond donors (Lipinski definition) is 3. The van der Waals surface area contributed by atoms with Gasteiger partial charge in [0.2, 0.25) is 0 Å². The number of thiazole rings is 1. The lowest BCUT2D eigenvalue weighted by molar-refractivity contribution is 0.100. The van der Waals surface area contributed by atoms with Crippen LogP contribution in [0, 0.1) is 6.92 Å². The summed E-state index contributed by atoms with van der Waals surface area (Å²) in [5.74, 6) is 1.64. The molecule has 3 rings (SSSR count). The monoisotopic (exact) mass is 319 g/mol. The lowest BCUT2D eigenvalue weighted by Crippen LogP contribution is -2.27. The first-order valence-corrected chi connectivity index (χ1v) is 7.72. The lowest BCUT2D eigenvalue weighted by Gasteiger charge is -2.18. The topological polar surface area (TPSA) is 123 Å². The standard InChI is InChI=1S/C13H17N7OS/c1-7-17-10(19-13-16-5-9(22-13)12(15)21)4-11(18-7)20-3-2-8(14)6-20/h4-5,8H,2-3,6,14H2,1H3,(H2,15,21)(H,16,17,18,19)/t8-/m0/s1. The van der Waals surface area contributed by atoms with Crippen molar-refractivity contribution >= 4 is 34.0 Å². The molecule has 0 radical (unpaired) electrons. The Morgan fingerprint density at radius 3 is 2.95 bits per heavy atom. The number of carbonyl (C=O) groups is 1. The summed E-state index contributed by atoms with van der Waals surface area (Å²) in [6.07, 6.45) is 2.41. The smallest absolute Gasteiger partial charge is 0.260 e. The number of aryl methyl sites for hydroxylation is 1. The molecule has 0 aliphatic carbocycles. The predicted octanol–water partition coefficient (Wildman–Crippen LogP) is 0.621. The van der Waals surface area contributed by atoms with Crippen LogP contribution in [0.15, 0.2) is 12.3 Å². The third kappa shape index (κ3) is 3.15. The van der Waals surface area contributed by atoms with Gasteiger partial charge in [0.05, 0.1) is 6.20 Å². The summed E-state index contributed by atoms with van der Waals surface area (Å²) in [7, 11) is 0. The van der Waals surface area contributed by atoms with Crippen LogP contribution in [-0.4, -0.2) is 40.0 Å². The minimum absolute atomic E-state index is 0.184. The van der Waals surface area contributed by atoms with Crippen LogP contribution in [0.3, 0.4) is 0 Å². The lowest BCUT2D eigenvalue weighted by atomic mass is 10.3. The van der Waals surface area contributed by atoms with Gasteiger partial charge in [-0.3, -0.25) is 4.79 Å². The van der Waals surface area contributed by atoms with Crippen molar-refractivity contribution in [1.82, 2.24) is 15.0 Å². The van der Waals surface area contributed by atoms with E-state index in [-0.39, 0.29) is 6.04 Å². The number of anilines is 3. The summed E-state index contributed by atoms with van der Waals surface area (Å²) in [5, 5.41) is 3.65. The first-order valence-electron chi connectivity index (χ1n) is 6.90. The van der Waals surface area contributed by atoms with Gasteiger partial charge in [-0.25, -0.2) is 15.0 Å². The normalized spacial score (nSPS) is 17.7. The largest absolute Gasteiger partial charge is 0.365 e. The zero-order valence-electron chi connectivity index (χ0n) is 12.1. The molecule has 1 fully saturated rings. The highest BCUT2D eigenvalue weighted by Crippen LogP contribution is 2.25. The highest BCUT2D eigenvalue weighted by molar-refractivity contribution is 7.17. The minimum atomic E-state index is -0.490. The van der Waals surface area contributed by atoms with E-state index in [1.54, 1.807) is 0 Å². The molecule has 1 aliphatic heterocycles. The Morgan fingerprint density at radius 1 is 1.50 bits per heavy atom. The maximum Gasteiger partial charge on any atom is 0.260 e. The number of nitrogens with two attached hydrogens (primary N) is 2. The van der Waals surface area contributed by atoms with E-state index in [1.165, 1.54) is 17.5 Å². The van der Waals surface area contributed by atoms with Crippen molar-refractivity contribution in [3.05, 3.63) is 23.0 Å². The number of nitrogens with zero attached hydrogens (tertiary/aromatic N) is 4. The molecule has 1 saturated heterocycles. The van der Waals surface area contributed by atoms with E-state index in [1.807, 2.05) is 13.0 Å². The second-order valence-electron chi connectivity index (χ2n) is 5.17. The van der Waals surface area contributed by atoms with Gasteiger partial charge in [0.1, 0.15) is 22.3 Å². The second-order valence-corrected chi connectivity index (χ2v) is 6.20. The van der Waals surface area contributed by atoms with Gasteiger partial charge in [-0.2, -0.15) is 0 Å². The first kappa shape index (κ1) is 14.7. The molecule has 9 heteroatoms. The van der Waals surface area contributed by atoms with E-state index in [0.717, 1.165) is 25.3 Å². The fraction of sp³-hybridized carbons (Fsp3) is 0.385. The van der Waals surface area contributed by atoms with Gasteiger partial charge in [0.15, 0.2) is 5.13 Å². The maximum absolute atomic E-state index is 11.1. The first-order chi connectivity index (χ1) is 10.5. The van der Waals surface area contributed by atoms with Crippen LogP contribution in [-0.2, 0) is 0 Å². The molecule has 2 aromatic heterocycles. The van der Waals surface area contributed by atoms with Crippen molar-refractivity contribution in [1.29, 1.82) is 0 Å². The highest BCUT2D eigenvalue weighted by Gasteiger charge is 2.21. The average molecular weight is 319 g/mol. The highest BCUT2D eigenvalue weighted by atomic mass is 32.1. The van der Waals surface area contributed by atoms with Crippen LogP contribution in [0.1, 0.15) is 21.9 Å². The van der Waals surface area contributed by atoms with Gasteiger partial charge in [0, 0.05) is 25.2 Å². The number of nitrogens with one attached hydrogen (secondary N) is 1. The Bertz CT molecular complexity index is 701. The molecule has 8 nitrogen and oxygen atoms in total. The minimum Gasteiger partial charge on any atom is -0.365 e. The molecule has 116 valence electrons. The molecule has 2 aromatic rings. The average Bonchev–Trinajstić information content (AvgIpc) is 3.07. The van der Waals surface area contributed by atoms with Crippen LogP contribution in [0.25, 0.3) is 0 Å². The molecule has 22 heavy (non-hydrogen) atoms. The summed E-state index contributed by atoms with van der Waals surface area (Å²) in [5.41, 5.74) is 11.2. The number of aromatic nitrogens is 3. The van der Waals surface area contributed by atoms with E-state index >= 15 is 0 Å². The molecule has 0 saturated carbocycles. The molecule has 3 heterocycles. The molecule has 1 atom stereocenters. The van der Waals surface area contributed by atoms with Crippen molar-refractivity contribution < 1.29 is 4.79 Å². The van der Waals surface area contributed by atoms with E-state index in [2.05, 4.69) is 25.2 Å². The Hall–Kier alpha value is -2.26. The summed E-state index contributed by atoms with van der Waals surface area (Å²) in [6.45, 7) is 3.51.